The summed E-state index contributed by atoms with van der Waals surface area (Å²) in [6.45, 7) is 0.267. The van der Waals surface area contributed by atoms with Crippen LogP contribution in [0.2, 0.25) is 0 Å². The van der Waals surface area contributed by atoms with Gasteiger partial charge in [0.1, 0.15) is 11.6 Å². The number of ether oxygens (including phenoxy) is 2. The molecule has 0 bridgehead atoms. The van der Waals surface area contributed by atoms with Crippen molar-refractivity contribution in [1.29, 1.82) is 0 Å². The van der Waals surface area contributed by atoms with Gasteiger partial charge in [-0.05, 0) is 24.3 Å². The monoisotopic (exact) mass is 446 g/mol. The second-order valence-corrected chi connectivity index (χ2v) is 7.93. The van der Waals surface area contributed by atoms with Gasteiger partial charge in [-0.15, -0.1) is 11.3 Å². The average Bonchev–Trinajstić information content (AvgIpc) is 3.49. The van der Waals surface area contributed by atoms with E-state index >= 15 is 0 Å². The smallest absolute Gasteiger partial charge is 0.267 e. The molecule has 0 unspecified atom stereocenters. The summed E-state index contributed by atoms with van der Waals surface area (Å²) in [5, 5.41) is 9.94. The van der Waals surface area contributed by atoms with Crippen LogP contribution in [0.5, 0.6) is 11.5 Å². The largest absolute Gasteiger partial charge is 0.454 e. The molecule has 0 atom stereocenters. The summed E-state index contributed by atoms with van der Waals surface area (Å²) in [7, 11) is 0. The highest BCUT2D eigenvalue weighted by Crippen LogP contribution is 2.35. The number of thiazole rings is 1. The third-order valence-corrected chi connectivity index (χ3v) is 5.81. The van der Waals surface area contributed by atoms with E-state index in [2.05, 4.69) is 15.4 Å². The Morgan fingerprint density at radius 3 is 2.75 bits per heavy atom. The number of amides is 1. The van der Waals surface area contributed by atoms with Crippen molar-refractivity contribution in [2.24, 2.45) is 0 Å². The first-order chi connectivity index (χ1) is 15.7. The molecule has 0 radical (unpaired) electrons. The van der Waals surface area contributed by atoms with Crippen LogP contribution in [0.3, 0.4) is 0 Å². The highest BCUT2D eigenvalue weighted by atomic mass is 32.1. The predicted molar refractivity (Wildman–Crippen MR) is 119 cm³/mol. The molecule has 0 saturated carbocycles. The van der Waals surface area contributed by atoms with Crippen LogP contribution in [0.25, 0.3) is 21.8 Å². The Kier molecular flexibility index (Phi) is 5.39. The first kappa shape index (κ1) is 20.0. The van der Waals surface area contributed by atoms with Crippen molar-refractivity contribution in [3.8, 4) is 33.3 Å². The minimum Gasteiger partial charge on any atom is -0.454 e. The molecule has 9 heteroatoms. The van der Waals surface area contributed by atoms with E-state index in [0.29, 0.717) is 17.2 Å². The van der Waals surface area contributed by atoms with Crippen molar-refractivity contribution in [2.45, 2.75) is 13.1 Å². The molecule has 4 aromatic rings. The van der Waals surface area contributed by atoms with Gasteiger partial charge < -0.3 is 14.8 Å². The van der Waals surface area contributed by atoms with Gasteiger partial charge in [-0.25, -0.2) is 9.67 Å². The number of hydrogen-bond donors (Lipinski definition) is 1. The Morgan fingerprint density at radius 1 is 1.03 bits per heavy atom. The van der Waals surface area contributed by atoms with Gasteiger partial charge in [0.2, 0.25) is 12.7 Å². The third-order valence-electron chi connectivity index (χ3n) is 4.87. The second kappa shape index (κ2) is 8.64. The van der Waals surface area contributed by atoms with Crippen LogP contribution in [0.1, 0.15) is 5.69 Å². The van der Waals surface area contributed by atoms with E-state index in [0.717, 1.165) is 26.5 Å². The molecule has 3 heterocycles. The molecule has 5 rings (SSSR count). The Balaban J connectivity index is 1.25. The lowest BCUT2D eigenvalue weighted by atomic mass is 10.1. The van der Waals surface area contributed by atoms with Crippen LogP contribution in [0, 0.1) is 0 Å². The van der Waals surface area contributed by atoms with E-state index in [-0.39, 0.29) is 31.3 Å². The topological polar surface area (TPSA) is 95.3 Å². The van der Waals surface area contributed by atoms with E-state index in [1.54, 1.807) is 18.2 Å². The van der Waals surface area contributed by atoms with Crippen molar-refractivity contribution in [3.05, 3.63) is 82.1 Å². The Morgan fingerprint density at radius 2 is 1.88 bits per heavy atom. The molecule has 0 spiro atoms. The minimum absolute atomic E-state index is 0.178. The quantitative estimate of drug-likeness (QED) is 0.489. The summed E-state index contributed by atoms with van der Waals surface area (Å²) in [5.41, 5.74) is 2.76. The molecule has 2 aromatic heterocycles. The highest BCUT2D eigenvalue weighted by Gasteiger charge is 2.15. The maximum atomic E-state index is 12.4. The van der Waals surface area contributed by atoms with Crippen LogP contribution in [-0.4, -0.2) is 27.5 Å². The standard InChI is InChI=1S/C23H18N4O4S/c28-21(24-11-17-13-32-23(25-17)15-4-2-1-3-5-15)12-27-22(29)9-7-18(26-27)16-6-8-19-20(10-16)31-14-30-19/h1-10,13H,11-12,14H2,(H,24,28). The molecule has 1 N–H and O–H groups in total. The molecule has 0 saturated heterocycles. The van der Waals surface area contributed by atoms with Crippen LogP contribution < -0.4 is 20.3 Å². The van der Waals surface area contributed by atoms with E-state index in [4.69, 9.17) is 9.47 Å². The maximum Gasteiger partial charge on any atom is 0.267 e. The molecule has 1 aliphatic heterocycles. The summed E-state index contributed by atoms with van der Waals surface area (Å²) in [5.74, 6) is 0.966. The van der Waals surface area contributed by atoms with Crippen LogP contribution >= 0.6 is 11.3 Å². The van der Waals surface area contributed by atoms with E-state index in [1.807, 2.05) is 41.8 Å². The summed E-state index contributed by atoms with van der Waals surface area (Å²) in [6.07, 6.45) is 0. The number of hydrogen-bond acceptors (Lipinski definition) is 7. The molecule has 2 aromatic carbocycles. The molecular formula is C23H18N4O4S. The molecule has 160 valence electrons. The molecule has 0 fully saturated rings. The molecule has 1 aliphatic rings. The van der Waals surface area contributed by atoms with E-state index in [1.165, 1.54) is 17.4 Å². The van der Waals surface area contributed by atoms with E-state index < -0.39 is 0 Å². The minimum atomic E-state index is -0.357. The highest BCUT2D eigenvalue weighted by molar-refractivity contribution is 7.13. The zero-order chi connectivity index (χ0) is 21.9. The van der Waals surface area contributed by atoms with Gasteiger partial charge in [0.25, 0.3) is 5.56 Å². The fourth-order valence-electron chi connectivity index (χ4n) is 3.25. The molecule has 8 nitrogen and oxygen atoms in total. The first-order valence-corrected chi connectivity index (χ1v) is 10.8. The van der Waals surface area contributed by atoms with Gasteiger partial charge in [-0.2, -0.15) is 5.10 Å². The van der Waals surface area contributed by atoms with Crippen LogP contribution in [-0.2, 0) is 17.9 Å². The Bertz CT molecular complexity index is 1330. The predicted octanol–water partition coefficient (Wildman–Crippen LogP) is 3.08. The molecule has 32 heavy (non-hydrogen) atoms. The number of carbonyl (C=O) groups is 1. The summed E-state index contributed by atoms with van der Waals surface area (Å²) in [4.78, 5) is 29.2. The van der Waals surface area contributed by atoms with Crippen molar-refractivity contribution >= 4 is 17.2 Å². The van der Waals surface area contributed by atoms with Gasteiger partial charge in [0, 0.05) is 22.6 Å². The zero-order valence-corrected chi connectivity index (χ0v) is 17.7. The van der Waals surface area contributed by atoms with Gasteiger partial charge in [0.05, 0.1) is 17.9 Å². The van der Waals surface area contributed by atoms with Crippen molar-refractivity contribution in [2.75, 3.05) is 6.79 Å². The number of aromatic nitrogens is 3. The first-order valence-electron chi connectivity index (χ1n) is 9.90. The van der Waals surface area contributed by atoms with Gasteiger partial charge in [-0.1, -0.05) is 30.3 Å². The lowest BCUT2D eigenvalue weighted by Crippen LogP contribution is -2.33. The molecule has 1 amide bonds. The van der Waals surface area contributed by atoms with E-state index in [9.17, 15) is 9.59 Å². The Hall–Kier alpha value is -3.98. The summed E-state index contributed by atoms with van der Waals surface area (Å²) < 4.78 is 11.9. The number of fused-ring (bicyclic) bond motifs is 1. The van der Waals surface area contributed by atoms with Gasteiger partial charge in [0.15, 0.2) is 11.5 Å². The number of carbonyl (C=O) groups excluding carboxylic acids is 1. The molecular weight excluding hydrogens is 428 g/mol. The fraction of sp³-hybridized carbons (Fsp3) is 0.130. The summed E-state index contributed by atoms with van der Waals surface area (Å²) >= 11 is 1.52. The number of nitrogens with one attached hydrogen (secondary N) is 1. The zero-order valence-electron chi connectivity index (χ0n) is 16.9. The van der Waals surface area contributed by atoms with Crippen LogP contribution in [0.4, 0.5) is 0 Å². The third kappa shape index (κ3) is 4.23. The fourth-order valence-corrected chi connectivity index (χ4v) is 4.08. The normalized spacial score (nSPS) is 12.0. The average molecular weight is 446 g/mol. The maximum absolute atomic E-state index is 12.4. The number of benzene rings is 2. The van der Waals surface area contributed by atoms with Crippen molar-refractivity contribution in [1.82, 2.24) is 20.1 Å². The Labute approximate surface area is 187 Å². The lowest BCUT2D eigenvalue weighted by molar-refractivity contribution is -0.122. The van der Waals surface area contributed by atoms with Crippen molar-refractivity contribution in [3.63, 3.8) is 0 Å². The summed E-state index contributed by atoms with van der Waals surface area (Å²) in [6, 6.07) is 18.3. The SMILES string of the molecule is O=C(Cn1nc(-c2ccc3c(c2)OCO3)ccc1=O)NCc1csc(-c2ccccc2)n1. The lowest BCUT2D eigenvalue weighted by Gasteiger charge is -2.08. The van der Waals surface area contributed by atoms with Gasteiger partial charge >= 0.3 is 0 Å². The number of nitrogens with zero attached hydrogens (tertiary/aromatic N) is 3. The van der Waals surface area contributed by atoms with Crippen molar-refractivity contribution < 1.29 is 14.3 Å². The second-order valence-electron chi connectivity index (χ2n) is 7.07. The van der Waals surface area contributed by atoms with Gasteiger partial charge in [-0.3, -0.25) is 9.59 Å². The number of rotatable bonds is 6. The van der Waals surface area contributed by atoms with Crippen LogP contribution in [0.15, 0.2) is 70.8 Å². The molecule has 0 aliphatic carbocycles.